The number of para-hydroxylation sites is 2. The van der Waals surface area contributed by atoms with Crippen LogP contribution in [-0.2, 0) is 49.7 Å². The van der Waals surface area contributed by atoms with Gasteiger partial charge in [0.15, 0.2) is 0 Å². The number of hydrogen-bond donors (Lipinski definition) is 4. The third kappa shape index (κ3) is 15.2. The van der Waals surface area contributed by atoms with Crippen molar-refractivity contribution in [3.63, 3.8) is 0 Å². The average molecular weight is 1100 g/mol. The van der Waals surface area contributed by atoms with Gasteiger partial charge in [-0.15, -0.1) is 0 Å². The summed E-state index contributed by atoms with van der Waals surface area (Å²) in [7, 11) is -9.73. The number of benzene rings is 2. The molecule has 0 fully saturated rings. The lowest BCUT2D eigenvalue weighted by molar-refractivity contribution is -0.143. The predicted octanol–water partition coefficient (Wildman–Crippen LogP) is 10.1. The number of amides is 2. The number of hydrogen-bond acceptors (Lipinski definition) is 12. The van der Waals surface area contributed by atoms with Crippen molar-refractivity contribution in [1.29, 1.82) is 5.26 Å². The summed E-state index contributed by atoms with van der Waals surface area (Å²) in [6.45, 7) is 22.9. The Morgan fingerprint density at radius 1 is 0.787 bits per heavy atom. The van der Waals surface area contributed by atoms with Crippen LogP contribution in [0.2, 0.25) is 0 Å². The van der Waals surface area contributed by atoms with E-state index in [2.05, 4.69) is 112 Å². The molecule has 0 saturated carbocycles. The van der Waals surface area contributed by atoms with Gasteiger partial charge in [-0.1, -0.05) is 101 Å². The lowest BCUT2D eigenvalue weighted by atomic mass is 9.68. The molecule has 19 heteroatoms. The first-order valence-electron chi connectivity index (χ1n) is 26.5. The molecule has 16 nitrogen and oxygen atoms in total. The Morgan fingerprint density at radius 2 is 1.37 bits per heavy atom. The SMILES string of the molecule is CCNC(=O)C1(C(=O)NCCCCCCOP(OCCC#N)N(C(C)C)C(C)C)CC(/C=C/C2(C)N(CCCS(=O)(=O)O)c3ccccc3C2(C)C)=CC(=C/C=C2/N(CCCS(=O)(=O)O)c3ccccc3C2(C)C)/C1. The first-order valence-corrected chi connectivity index (χ1v) is 30.8. The lowest BCUT2D eigenvalue weighted by Crippen LogP contribution is -2.53. The summed E-state index contributed by atoms with van der Waals surface area (Å²) >= 11 is 0. The van der Waals surface area contributed by atoms with Crippen LogP contribution in [0.3, 0.4) is 0 Å². The number of carbonyl (C=O) groups excluding carboxylic acids is 2. The molecular weight excluding hydrogens is 1010 g/mol. The smallest absolute Gasteiger partial charge is 0.264 e. The molecule has 0 radical (unpaired) electrons. The summed E-state index contributed by atoms with van der Waals surface area (Å²) in [5.74, 6) is -1.57. The summed E-state index contributed by atoms with van der Waals surface area (Å²) in [5, 5.41) is 15.2. The number of fused-ring (bicyclic) bond motifs is 2. The van der Waals surface area contributed by atoms with Crippen LogP contribution in [0.5, 0.6) is 0 Å². The third-order valence-corrected chi connectivity index (χ3v) is 18.7. The second kappa shape index (κ2) is 26.3. The molecule has 4 N–H and O–H groups in total. The van der Waals surface area contributed by atoms with Crippen molar-refractivity contribution in [1.82, 2.24) is 15.3 Å². The monoisotopic (exact) mass is 1090 g/mol. The van der Waals surface area contributed by atoms with E-state index in [1.54, 1.807) is 0 Å². The second-order valence-electron chi connectivity index (χ2n) is 21.7. The molecule has 2 aromatic rings. The topological polar surface area (TPSA) is 219 Å². The Kier molecular flexibility index (Phi) is 21.5. The van der Waals surface area contributed by atoms with Crippen LogP contribution in [0.1, 0.15) is 138 Å². The number of nitrogens with one attached hydrogen (secondary N) is 2. The maximum absolute atomic E-state index is 14.9. The molecule has 3 unspecified atom stereocenters. The molecule has 75 heavy (non-hydrogen) atoms. The lowest BCUT2D eigenvalue weighted by Gasteiger charge is -2.44. The average Bonchev–Trinajstić information content (AvgIpc) is 3.64. The number of unbranched alkanes of at least 4 members (excludes halogenated alkanes) is 3. The molecule has 2 amide bonds. The van der Waals surface area contributed by atoms with E-state index in [4.69, 9.17) is 14.3 Å². The van der Waals surface area contributed by atoms with Crippen molar-refractivity contribution in [3.8, 4) is 6.07 Å². The van der Waals surface area contributed by atoms with E-state index in [9.17, 15) is 35.5 Å². The van der Waals surface area contributed by atoms with Crippen LogP contribution >= 0.6 is 8.53 Å². The zero-order valence-electron chi connectivity index (χ0n) is 45.9. The number of anilines is 2. The van der Waals surface area contributed by atoms with Gasteiger partial charge in [0.2, 0.25) is 11.8 Å². The minimum atomic E-state index is -4.20. The van der Waals surface area contributed by atoms with E-state index < -0.39 is 68.0 Å². The quantitative estimate of drug-likeness (QED) is 0.0270. The molecule has 0 aromatic heterocycles. The summed E-state index contributed by atoms with van der Waals surface area (Å²) in [6, 6.07) is 18.5. The first kappa shape index (κ1) is 61.4. The zero-order valence-corrected chi connectivity index (χ0v) is 48.4. The number of rotatable bonds is 28. The number of nitriles is 1. The zero-order chi connectivity index (χ0) is 55.4. The minimum Gasteiger partial charge on any atom is -0.362 e. The Morgan fingerprint density at radius 3 is 2.00 bits per heavy atom. The van der Waals surface area contributed by atoms with Gasteiger partial charge in [-0.2, -0.15) is 22.1 Å². The fourth-order valence-electron chi connectivity index (χ4n) is 10.9. The van der Waals surface area contributed by atoms with Gasteiger partial charge in [0.05, 0.1) is 42.7 Å². The molecule has 3 aliphatic rings. The molecule has 2 aromatic carbocycles. The van der Waals surface area contributed by atoms with Crippen molar-refractivity contribution in [2.24, 2.45) is 5.41 Å². The molecule has 3 atom stereocenters. The molecule has 414 valence electrons. The van der Waals surface area contributed by atoms with Crippen molar-refractivity contribution < 1.29 is 44.6 Å². The summed E-state index contributed by atoms with van der Waals surface area (Å²) in [6.07, 6.45) is 14.0. The predicted molar refractivity (Wildman–Crippen MR) is 300 cm³/mol. The van der Waals surface area contributed by atoms with Crippen LogP contribution in [0.25, 0.3) is 0 Å². The fourth-order valence-corrected chi connectivity index (χ4v) is 13.5. The minimum absolute atomic E-state index is 0.0956. The number of allylic oxidation sites excluding steroid dienone is 7. The highest BCUT2D eigenvalue weighted by molar-refractivity contribution is 7.86. The molecule has 2 heterocycles. The molecule has 1 aliphatic carbocycles. The van der Waals surface area contributed by atoms with E-state index in [-0.39, 0.29) is 50.1 Å². The third-order valence-electron chi connectivity index (χ3n) is 14.9. The van der Waals surface area contributed by atoms with Gasteiger partial charge >= 0.3 is 0 Å². The highest BCUT2D eigenvalue weighted by atomic mass is 32.2. The van der Waals surface area contributed by atoms with E-state index in [1.165, 1.54) is 0 Å². The van der Waals surface area contributed by atoms with Crippen LogP contribution in [0, 0.1) is 16.7 Å². The summed E-state index contributed by atoms with van der Waals surface area (Å²) in [4.78, 5) is 33.8. The highest BCUT2D eigenvalue weighted by Gasteiger charge is 2.53. The van der Waals surface area contributed by atoms with Gasteiger partial charge in [0.1, 0.15) is 5.41 Å². The van der Waals surface area contributed by atoms with Crippen molar-refractivity contribution in [2.45, 2.75) is 155 Å². The molecular formula is C56H83N6O10PS2. The maximum atomic E-state index is 14.9. The molecule has 2 aliphatic heterocycles. The Hall–Kier alpha value is -4.44. The molecule has 5 rings (SSSR count). The van der Waals surface area contributed by atoms with Gasteiger partial charge in [-0.05, 0) is 121 Å². The highest BCUT2D eigenvalue weighted by Crippen LogP contribution is 2.53. The van der Waals surface area contributed by atoms with Crippen molar-refractivity contribution in [3.05, 3.63) is 107 Å². The number of nitrogens with zero attached hydrogens (tertiary/aromatic N) is 4. The normalized spacial score (nSPS) is 21.8. The van der Waals surface area contributed by atoms with Crippen LogP contribution in [-0.4, -0.2) is 111 Å². The van der Waals surface area contributed by atoms with Gasteiger partial charge < -0.3 is 29.5 Å². The molecule has 0 spiro atoms. The number of carbonyl (C=O) groups is 2. The fraction of sp³-hybridized carbons (Fsp3) is 0.589. The van der Waals surface area contributed by atoms with E-state index in [0.717, 1.165) is 58.6 Å². The van der Waals surface area contributed by atoms with Crippen LogP contribution in [0.15, 0.2) is 95.8 Å². The van der Waals surface area contributed by atoms with Gasteiger partial charge in [0.25, 0.3) is 28.8 Å². The van der Waals surface area contributed by atoms with E-state index in [0.29, 0.717) is 45.8 Å². The Balaban J connectivity index is 1.48. The first-order chi connectivity index (χ1) is 35.2. The molecule has 0 bridgehead atoms. The van der Waals surface area contributed by atoms with E-state index in [1.807, 2.05) is 67.6 Å². The Bertz CT molecular complexity index is 2710. The standard InChI is InChI=1S/C56H83N6O10PS2/c1-11-58-51(63)56(52(64)59-32-18-12-13-19-35-71-73(72-36-20-31-57)62(42(2)3)43(4)5)40-44(27-28-50-53(6,7)46-23-14-16-25-48(46)60(50)33-21-37-74(65,66)67)39-45(41-56)29-30-55(10)54(8,9)47-24-15-17-26-49(47)61(55)34-22-38-75(68,69)70/h14-17,23-30,39,42-43H,11-13,18-22,32-38,40-41H2,1-10H3,(H,58,63)(H,59,64)(H,65,66,67)(H,68,69,70)/b30-29+,44-27-,50-28+. The maximum Gasteiger partial charge on any atom is 0.264 e. The second-order valence-corrected chi connectivity index (χ2v) is 26.3. The van der Waals surface area contributed by atoms with Crippen molar-refractivity contribution in [2.75, 3.05) is 60.7 Å². The van der Waals surface area contributed by atoms with Gasteiger partial charge in [0, 0.05) is 66.2 Å². The van der Waals surface area contributed by atoms with Crippen molar-refractivity contribution >= 4 is 52.0 Å². The van der Waals surface area contributed by atoms with Gasteiger partial charge in [-0.3, -0.25) is 18.7 Å². The Labute approximate surface area is 449 Å². The van der Waals surface area contributed by atoms with Gasteiger partial charge in [-0.25, -0.2) is 4.67 Å². The van der Waals surface area contributed by atoms with E-state index >= 15 is 0 Å². The van der Waals surface area contributed by atoms with Crippen LogP contribution in [0.4, 0.5) is 11.4 Å². The largest absolute Gasteiger partial charge is 0.362 e. The molecule has 0 saturated heterocycles. The van der Waals surface area contributed by atoms with Crippen LogP contribution < -0.4 is 20.4 Å². The summed E-state index contributed by atoms with van der Waals surface area (Å²) < 4.78 is 81.2. The summed E-state index contributed by atoms with van der Waals surface area (Å²) in [5.41, 5.74) is 3.10.